The third kappa shape index (κ3) is 9.32. The van der Waals surface area contributed by atoms with Gasteiger partial charge < -0.3 is 35.2 Å². The van der Waals surface area contributed by atoms with E-state index in [1.807, 2.05) is 12.2 Å². The number of aromatic nitrogens is 1. The van der Waals surface area contributed by atoms with Crippen LogP contribution in [0.5, 0.6) is 6.08 Å². The number of amides is 2. The van der Waals surface area contributed by atoms with Crippen LogP contribution >= 0.6 is 11.6 Å². The molecule has 2 aromatic rings. The molecule has 13 heteroatoms. The average molecular weight is 621 g/mol. The molecule has 1 aliphatic carbocycles. The number of nitrogens with one attached hydrogen (secondary N) is 1. The highest BCUT2D eigenvalue weighted by Gasteiger charge is 2.43. The van der Waals surface area contributed by atoms with Gasteiger partial charge in [0.05, 0.1) is 18.0 Å². The third-order valence-electron chi connectivity index (χ3n) is 7.56. The van der Waals surface area contributed by atoms with Crippen LogP contribution in [0.1, 0.15) is 65.7 Å². The summed E-state index contributed by atoms with van der Waals surface area (Å²) in [5.74, 6) is -1.50. The number of allylic oxidation sites excluding steroid dienone is 2. The fourth-order valence-corrected chi connectivity index (χ4v) is 5.48. The van der Waals surface area contributed by atoms with Gasteiger partial charge in [-0.05, 0) is 64.5 Å². The molecule has 0 radical (unpaired) electrons. The largest absolute Gasteiger partial charge is 0.481 e. The minimum Gasteiger partial charge on any atom is -0.481 e. The number of hydrogen-bond acceptors (Lipinski definition) is 9. The number of benzene rings is 1. The molecule has 6 atom stereocenters. The zero-order valence-electron chi connectivity index (χ0n) is 24.7. The van der Waals surface area contributed by atoms with Gasteiger partial charge in [0.15, 0.2) is 5.58 Å². The number of alkyl carbamates (subject to hydrolysis) is 1. The van der Waals surface area contributed by atoms with Gasteiger partial charge in [-0.2, -0.15) is 4.98 Å². The summed E-state index contributed by atoms with van der Waals surface area (Å²) in [4.78, 5) is 41.9. The highest BCUT2D eigenvalue weighted by atomic mass is 35.5. The maximum absolute atomic E-state index is 12.7. The highest BCUT2D eigenvalue weighted by molar-refractivity contribution is 6.31. The van der Waals surface area contributed by atoms with Gasteiger partial charge in [0, 0.05) is 24.1 Å². The Bertz CT molecular complexity index is 1320. The second-order valence-corrected chi connectivity index (χ2v) is 12.7. The van der Waals surface area contributed by atoms with E-state index >= 15 is 0 Å². The molecule has 236 valence electrons. The lowest BCUT2D eigenvalue weighted by atomic mass is 10.0. The summed E-state index contributed by atoms with van der Waals surface area (Å²) in [6.07, 6.45) is 6.03. The van der Waals surface area contributed by atoms with Crippen LogP contribution in [0.15, 0.2) is 34.8 Å². The first kappa shape index (κ1) is 32.6. The number of oxazole rings is 1. The van der Waals surface area contributed by atoms with E-state index in [4.69, 9.17) is 36.3 Å². The molecule has 1 aromatic heterocycles. The first-order chi connectivity index (χ1) is 20.3. The normalized spacial score (nSPS) is 23.7. The molecule has 12 nitrogen and oxygen atoms in total. The van der Waals surface area contributed by atoms with E-state index in [1.54, 1.807) is 39.0 Å². The lowest BCUT2D eigenvalue weighted by Gasteiger charge is -2.34. The molecule has 1 aliphatic heterocycles. The summed E-state index contributed by atoms with van der Waals surface area (Å²) in [5.41, 5.74) is 6.00. The molecule has 1 aromatic carbocycles. The molecule has 0 spiro atoms. The first-order valence-electron chi connectivity index (χ1n) is 14.7. The van der Waals surface area contributed by atoms with Crippen LogP contribution in [0.2, 0.25) is 5.02 Å². The molecule has 1 saturated carbocycles. The Kier molecular flexibility index (Phi) is 10.6. The zero-order chi connectivity index (χ0) is 31.3. The molecule has 0 bridgehead atoms. The van der Waals surface area contributed by atoms with Crippen molar-refractivity contribution in [3.63, 3.8) is 0 Å². The predicted octanol–water partition coefficient (Wildman–Crippen LogP) is 4.23. The fourth-order valence-electron chi connectivity index (χ4n) is 5.32. The van der Waals surface area contributed by atoms with Gasteiger partial charge in [-0.25, -0.2) is 4.79 Å². The minimum absolute atomic E-state index is 0.0134. The summed E-state index contributed by atoms with van der Waals surface area (Å²) >= 11 is 6.03. The smallest absolute Gasteiger partial charge is 0.408 e. The summed E-state index contributed by atoms with van der Waals surface area (Å²) in [6, 6.07) is 3.42. The second-order valence-electron chi connectivity index (χ2n) is 12.3. The van der Waals surface area contributed by atoms with Crippen molar-refractivity contribution in [3.05, 3.63) is 35.4 Å². The van der Waals surface area contributed by atoms with E-state index < -0.39 is 48.0 Å². The molecule has 4 rings (SSSR count). The van der Waals surface area contributed by atoms with Gasteiger partial charge in [-0.3, -0.25) is 14.5 Å². The predicted molar refractivity (Wildman–Crippen MR) is 158 cm³/mol. The third-order valence-corrected chi connectivity index (χ3v) is 7.79. The van der Waals surface area contributed by atoms with Crippen molar-refractivity contribution in [1.29, 1.82) is 0 Å². The SMILES string of the molecule is CC(C)(C)OC(=O)N[C@@H](CCCCC/C=C\[C@@H]1C[C@@H]1C(=O)O)C(O)N1C[C@H](Oc2nc3ccc(Cl)cc3o2)C[C@H]1C(N)=O. The lowest BCUT2D eigenvalue weighted by molar-refractivity contribution is -0.138. The van der Waals surface area contributed by atoms with E-state index in [9.17, 15) is 19.5 Å². The van der Waals surface area contributed by atoms with E-state index in [0.29, 0.717) is 35.4 Å². The Morgan fingerprint density at radius 1 is 1.26 bits per heavy atom. The van der Waals surface area contributed by atoms with Gasteiger partial charge in [-0.1, -0.05) is 36.6 Å². The van der Waals surface area contributed by atoms with Crippen molar-refractivity contribution in [2.24, 2.45) is 17.6 Å². The van der Waals surface area contributed by atoms with Crippen LogP contribution in [0, 0.1) is 11.8 Å². The number of aliphatic carboxylic acids is 1. The first-order valence-corrected chi connectivity index (χ1v) is 15.0. The number of rotatable bonds is 14. The number of unbranched alkanes of at least 4 members (excludes halogenated alkanes) is 3. The van der Waals surface area contributed by atoms with E-state index in [2.05, 4.69) is 10.3 Å². The molecule has 5 N–H and O–H groups in total. The number of nitrogens with zero attached hydrogens (tertiary/aromatic N) is 2. The van der Waals surface area contributed by atoms with Crippen molar-refractivity contribution in [1.82, 2.24) is 15.2 Å². The van der Waals surface area contributed by atoms with Crippen LogP contribution in [0.25, 0.3) is 11.1 Å². The number of primary amides is 1. The van der Waals surface area contributed by atoms with E-state index in [1.165, 1.54) is 4.90 Å². The number of aliphatic hydroxyl groups is 1. The number of carboxylic acids is 1. The number of halogens is 1. The lowest BCUT2D eigenvalue weighted by Crippen LogP contribution is -2.56. The molecule has 2 fully saturated rings. The Morgan fingerprint density at radius 3 is 2.70 bits per heavy atom. The molecule has 1 unspecified atom stereocenters. The number of nitrogens with two attached hydrogens (primary N) is 1. The second kappa shape index (κ2) is 14.0. The number of carboxylic acid groups (broad SMARTS) is 1. The molecule has 2 aliphatic rings. The number of ether oxygens (including phenoxy) is 2. The van der Waals surface area contributed by atoms with Gasteiger partial charge >= 0.3 is 18.1 Å². The molecule has 43 heavy (non-hydrogen) atoms. The topological polar surface area (TPSA) is 177 Å². The maximum Gasteiger partial charge on any atom is 0.408 e. The van der Waals surface area contributed by atoms with Gasteiger partial charge in [0.1, 0.15) is 23.4 Å². The van der Waals surface area contributed by atoms with Gasteiger partial charge in [-0.15, -0.1) is 0 Å². The fraction of sp³-hybridized carbons (Fsp3) is 0.600. The number of fused-ring (bicyclic) bond motifs is 1. The summed E-state index contributed by atoms with van der Waals surface area (Å²) in [7, 11) is 0. The molecule has 2 heterocycles. The quantitative estimate of drug-likeness (QED) is 0.176. The van der Waals surface area contributed by atoms with Crippen LogP contribution in [-0.2, 0) is 14.3 Å². The summed E-state index contributed by atoms with van der Waals surface area (Å²) < 4.78 is 17.0. The molecular weight excluding hydrogens is 580 g/mol. The molecule has 1 saturated heterocycles. The highest BCUT2D eigenvalue weighted by Crippen LogP contribution is 2.39. The Hall–Kier alpha value is -3.35. The number of likely N-dealkylation sites (tertiary alicyclic amines) is 1. The zero-order valence-corrected chi connectivity index (χ0v) is 25.5. The monoisotopic (exact) mass is 620 g/mol. The van der Waals surface area contributed by atoms with Crippen molar-refractivity contribution in [3.8, 4) is 6.08 Å². The average Bonchev–Trinajstić information content (AvgIpc) is 3.39. The number of aliphatic hydroxyl groups excluding tert-OH is 1. The van der Waals surface area contributed by atoms with Crippen molar-refractivity contribution in [2.45, 2.75) is 95.7 Å². The van der Waals surface area contributed by atoms with Crippen LogP contribution in [0.4, 0.5) is 4.79 Å². The van der Waals surface area contributed by atoms with E-state index in [-0.39, 0.29) is 30.9 Å². The van der Waals surface area contributed by atoms with Gasteiger partial charge in [0.25, 0.3) is 0 Å². The minimum atomic E-state index is -1.25. The standard InChI is InChI=1S/C30H41ClN4O8/c1-30(2,3)43-28(40)33-22(10-8-6-4-5-7-9-17-13-20(17)27(38)39)26(37)35-16-19(15-23(35)25(32)36)41-29-34-21-12-11-18(31)14-24(21)42-29/h7,9,11-12,14,17,19-20,22-23,26,37H,4-6,8,10,13,15-16H2,1-3H3,(H2,32,36)(H,33,40)(H,38,39)/b9-7-/t17-,19-,20+,22+,23+,26?/m1/s1. The van der Waals surface area contributed by atoms with Crippen LogP contribution in [0.3, 0.4) is 0 Å². The number of carbonyl (C=O) groups excluding carboxylic acids is 2. The van der Waals surface area contributed by atoms with Crippen LogP contribution in [-0.4, -0.2) is 74.6 Å². The number of hydrogen-bond donors (Lipinski definition) is 4. The van der Waals surface area contributed by atoms with Crippen molar-refractivity contribution in [2.75, 3.05) is 6.54 Å². The van der Waals surface area contributed by atoms with E-state index in [0.717, 1.165) is 19.3 Å². The summed E-state index contributed by atoms with van der Waals surface area (Å²) in [6.45, 7) is 5.39. The Labute approximate surface area is 255 Å². The number of carbonyl (C=O) groups is 3. The maximum atomic E-state index is 12.7. The van der Waals surface area contributed by atoms with Crippen LogP contribution < -0.4 is 15.8 Å². The van der Waals surface area contributed by atoms with Crippen molar-refractivity contribution >= 4 is 40.7 Å². The Morgan fingerprint density at radius 2 is 2.02 bits per heavy atom. The molecule has 2 amide bonds. The molecular formula is C30H41ClN4O8. The summed E-state index contributed by atoms with van der Waals surface area (Å²) in [5, 5.41) is 23.8. The van der Waals surface area contributed by atoms with Crippen molar-refractivity contribution < 1.29 is 38.5 Å². The van der Waals surface area contributed by atoms with Gasteiger partial charge in [0.2, 0.25) is 5.91 Å². The Balaban J connectivity index is 1.36.